The van der Waals surface area contributed by atoms with Crippen LogP contribution in [0.15, 0.2) is 28.9 Å². The first-order valence-electron chi connectivity index (χ1n) is 6.90. The molecule has 1 aromatic carbocycles. The first kappa shape index (κ1) is 14.2. The number of hydrogen-bond donors (Lipinski definition) is 2. The topological polar surface area (TPSA) is 79.4 Å². The molecule has 4 aromatic rings. The van der Waals surface area contributed by atoms with Crippen molar-refractivity contribution < 1.29 is 14.8 Å². The largest absolute Gasteiger partial charge is 0.504 e. The summed E-state index contributed by atoms with van der Waals surface area (Å²) in [7, 11) is 0. The maximum Gasteiger partial charge on any atom is 0.169 e. The lowest BCUT2D eigenvalue weighted by Crippen LogP contribution is -1.86. The Hall–Kier alpha value is -2.38. The molecule has 116 valence electrons. The Bertz CT molecular complexity index is 949. The van der Waals surface area contributed by atoms with E-state index < -0.39 is 0 Å². The smallest absolute Gasteiger partial charge is 0.169 e. The van der Waals surface area contributed by atoms with Gasteiger partial charge in [-0.2, -0.15) is 0 Å². The van der Waals surface area contributed by atoms with E-state index in [9.17, 15) is 10.2 Å². The zero-order chi connectivity index (χ0) is 16.1. The van der Waals surface area contributed by atoms with Gasteiger partial charge in [0.1, 0.15) is 11.0 Å². The molecule has 0 unspecified atom stereocenters. The summed E-state index contributed by atoms with van der Waals surface area (Å²) in [5, 5.41) is 29.1. The number of hydrogen-bond acceptors (Lipinski definition) is 7. The summed E-state index contributed by atoms with van der Waals surface area (Å²) in [6, 6.07) is 7.67. The van der Waals surface area contributed by atoms with Gasteiger partial charge in [0, 0.05) is 19.5 Å². The molecule has 4 rings (SSSR count). The second kappa shape index (κ2) is 5.07. The summed E-state index contributed by atoms with van der Waals surface area (Å²) in [4.78, 5) is 3.82. The van der Waals surface area contributed by atoms with E-state index in [1.54, 1.807) is 0 Å². The molecule has 0 aliphatic heterocycles. The maximum atomic E-state index is 10.6. The van der Waals surface area contributed by atoms with Crippen molar-refractivity contribution in [2.24, 2.45) is 0 Å². The van der Waals surface area contributed by atoms with Crippen molar-refractivity contribution in [2.45, 2.75) is 13.8 Å². The van der Waals surface area contributed by atoms with E-state index in [1.165, 1.54) is 22.7 Å². The Balaban J connectivity index is 2.09. The van der Waals surface area contributed by atoms with Crippen LogP contribution in [0.3, 0.4) is 0 Å². The molecule has 0 spiro atoms. The van der Waals surface area contributed by atoms with Gasteiger partial charge in [0.2, 0.25) is 0 Å². The molecule has 5 nitrogen and oxygen atoms in total. The molecule has 0 aliphatic carbocycles. The lowest BCUT2D eigenvalue weighted by Gasteiger charge is -2.09. The van der Waals surface area contributed by atoms with Gasteiger partial charge in [-0.25, -0.2) is 4.63 Å². The number of aryl methyl sites for hydroxylation is 2. The number of thiophene rings is 2. The second-order valence-electron chi connectivity index (χ2n) is 5.23. The van der Waals surface area contributed by atoms with Crippen molar-refractivity contribution >= 4 is 33.7 Å². The number of nitrogens with zero attached hydrogens (tertiary/aromatic N) is 2. The molecular formula is C16H12N2O3S2. The summed E-state index contributed by atoms with van der Waals surface area (Å²) < 4.78 is 4.90. The predicted molar refractivity (Wildman–Crippen MR) is 91.2 cm³/mol. The third-order valence-corrected chi connectivity index (χ3v) is 5.67. The van der Waals surface area contributed by atoms with Crippen molar-refractivity contribution in [3.63, 3.8) is 0 Å². The molecule has 3 heterocycles. The number of phenolic OH excluding ortho intramolecular Hbond substituents is 2. The van der Waals surface area contributed by atoms with Crippen LogP contribution in [-0.2, 0) is 0 Å². The highest BCUT2D eigenvalue weighted by atomic mass is 32.1. The van der Waals surface area contributed by atoms with Gasteiger partial charge in [0.15, 0.2) is 11.5 Å². The van der Waals surface area contributed by atoms with Crippen LogP contribution < -0.4 is 0 Å². The summed E-state index contributed by atoms with van der Waals surface area (Å²) in [6.07, 6.45) is 0. The van der Waals surface area contributed by atoms with E-state index in [2.05, 4.69) is 10.3 Å². The SMILES string of the molecule is Cc1ccc(-c2c(O)c(O)c(-c3ccc(C)s3)c3nonc23)s1. The average Bonchev–Trinajstić information content (AvgIpc) is 3.23. The zero-order valence-corrected chi connectivity index (χ0v) is 14.0. The zero-order valence-electron chi connectivity index (χ0n) is 12.3. The van der Waals surface area contributed by atoms with Gasteiger partial charge in [0.05, 0.1) is 11.1 Å². The monoisotopic (exact) mass is 344 g/mol. The van der Waals surface area contributed by atoms with Gasteiger partial charge in [-0.05, 0) is 48.4 Å². The molecule has 0 saturated carbocycles. The van der Waals surface area contributed by atoms with Crippen LogP contribution in [0.25, 0.3) is 31.9 Å². The molecule has 7 heteroatoms. The minimum absolute atomic E-state index is 0.198. The molecule has 3 aromatic heterocycles. The Labute approximate surface area is 139 Å². The molecule has 0 radical (unpaired) electrons. The third kappa shape index (κ3) is 2.12. The lowest BCUT2D eigenvalue weighted by atomic mass is 10.0. The van der Waals surface area contributed by atoms with E-state index in [4.69, 9.17) is 4.63 Å². The van der Waals surface area contributed by atoms with Crippen LogP contribution in [0.4, 0.5) is 0 Å². The molecule has 2 N–H and O–H groups in total. The Morgan fingerprint density at radius 1 is 0.783 bits per heavy atom. The maximum absolute atomic E-state index is 10.6. The third-order valence-electron chi connectivity index (χ3n) is 3.63. The van der Waals surface area contributed by atoms with Crippen LogP contribution >= 0.6 is 22.7 Å². The fraction of sp³-hybridized carbons (Fsp3) is 0.125. The number of fused-ring (bicyclic) bond motifs is 1. The molecule has 0 fully saturated rings. The molecular weight excluding hydrogens is 332 g/mol. The van der Waals surface area contributed by atoms with Gasteiger partial charge in [0.25, 0.3) is 0 Å². The quantitative estimate of drug-likeness (QED) is 0.515. The summed E-state index contributed by atoms with van der Waals surface area (Å²) >= 11 is 3.02. The fourth-order valence-corrected chi connectivity index (χ4v) is 4.41. The number of rotatable bonds is 2. The minimum Gasteiger partial charge on any atom is -0.504 e. The highest BCUT2D eigenvalue weighted by molar-refractivity contribution is 7.16. The van der Waals surface area contributed by atoms with Gasteiger partial charge in [-0.15, -0.1) is 22.7 Å². The van der Waals surface area contributed by atoms with Gasteiger partial charge >= 0.3 is 0 Å². The second-order valence-corrected chi connectivity index (χ2v) is 7.81. The van der Waals surface area contributed by atoms with Crippen LogP contribution in [-0.4, -0.2) is 20.5 Å². The van der Waals surface area contributed by atoms with Crippen molar-refractivity contribution in [1.29, 1.82) is 0 Å². The van der Waals surface area contributed by atoms with Crippen LogP contribution in [0.5, 0.6) is 11.5 Å². The van der Waals surface area contributed by atoms with Crippen molar-refractivity contribution in [2.75, 3.05) is 0 Å². The fourth-order valence-electron chi connectivity index (χ4n) is 2.58. The lowest BCUT2D eigenvalue weighted by molar-refractivity contribution is 0.315. The number of aromatic hydroxyl groups is 2. The molecule has 0 amide bonds. The number of phenols is 2. The van der Waals surface area contributed by atoms with Crippen LogP contribution in [0.1, 0.15) is 9.75 Å². The van der Waals surface area contributed by atoms with E-state index in [1.807, 2.05) is 38.1 Å². The van der Waals surface area contributed by atoms with Crippen molar-refractivity contribution in [3.8, 4) is 32.4 Å². The molecule has 23 heavy (non-hydrogen) atoms. The average molecular weight is 344 g/mol. The van der Waals surface area contributed by atoms with E-state index in [-0.39, 0.29) is 11.5 Å². The van der Waals surface area contributed by atoms with Gasteiger partial charge in [-0.1, -0.05) is 0 Å². The highest BCUT2D eigenvalue weighted by Crippen LogP contribution is 2.50. The van der Waals surface area contributed by atoms with Crippen molar-refractivity contribution in [1.82, 2.24) is 10.3 Å². The molecule has 0 aliphatic rings. The number of benzene rings is 1. The molecule has 0 saturated heterocycles. The summed E-state index contributed by atoms with van der Waals surface area (Å²) in [6.45, 7) is 3.96. The van der Waals surface area contributed by atoms with E-state index >= 15 is 0 Å². The van der Waals surface area contributed by atoms with Crippen LogP contribution in [0.2, 0.25) is 0 Å². The number of aromatic nitrogens is 2. The van der Waals surface area contributed by atoms with E-state index in [0.29, 0.717) is 22.2 Å². The standard InChI is InChI=1S/C16H12N2O3S2/c1-7-3-5-9(22-7)11-13-14(18-21-17-13)12(16(20)15(11)19)10-6-4-8(2)23-10/h3-6,19-20H,1-2H3. The molecule has 0 atom stereocenters. The Morgan fingerprint density at radius 2 is 1.22 bits per heavy atom. The summed E-state index contributed by atoms with van der Waals surface area (Å²) in [5.74, 6) is -0.396. The summed E-state index contributed by atoms with van der Waals surface area (Å²) in [5.41, 5.74) is 1.80. The minimum atomic E-state index is -0.198. The first-order chi connectivity index (χ1) is 11.1. The van der Waals surface area contributed by atoms with Crippen LogP contribution in [0, 0.1) is 13.8 Å². The Kier molecular flexibility index (Phi) is 3.14. The Morgan fingerprint density at radius 3 is 1.57 bits per heavy atom. The normalized spacial score (nSPS) is 11.4. The van der Waals surface area contributed by atoms with Crippen molar-refractivity contribution in [3.05, 3.63) is 34.0 Å². The van der Waals surface area contributed by atoms with Gasteiger partial charge < -0.3 is 10.2 Å². The van der Waals surface area contributed by atoms with Gasteiger partial charge in [-0.3, -0.25) is 0 Å². The molecule has 0 bridgehead atoms. The highest BCUT2D eigenvalue weighted by Gasteiger charge is 2.26. The first-order valence-corrected chi connectivity index (χ1v) is 8.53. The predicted octanol–water partition coefficient (Wildman–Crippen LogP) is 4.71. The van der Waals surface area contributed by atoms with E-state index in [0.717, 1.165) is 19.5 Å².